The summed E-state index contributed by atoms with van der Waals surface area (Å²) in [4.78, 5) is 23.9. The highest BCUT2D eigenvalue weighted by Crippen LogP contribution is 2.34. The van der Waals surface area contributed by atoms with Gasteiger partial charge in [0, 0.05) is 24.0 Å². The molecular weight excluding hydrogens is 302 g/mol. The number of carbonyl (C=O) groups is 1. The smallest absolute Gasteiger partial charge is 0.293 e. The van der Waals surface area contributed by atoms with Crippen LogP contribution < -0.4 is 0 Å². The number of amides is 1. The number of aromatic nitrogens is 4. The minimum absolute atomic E-state index is 0.0226. The van der Waals surface area contributed by atoms with E-state index in [1.165, 1.54) is 32.1 Å². The Morgan fingerprint density at radius 3 is 2.67 bits per heavy atom. The number of likely N-dealkylation sites (tertiary alicyclic amines) is 1. The zero-order valence-electron chi connectivity index (χ0n) is 14.5. The van der Waals surface area contributed by atoms with Crippen molar-refractivity contribution >= 4 is 11.7 Å². The second-order valence-corrected chi connectivity index (χ2v) is 7.29. The van der Waals surface area contributed by atoms with Crippen LogP contribution in [0.4, 0.5) is 0 Å². The number of hydrogen-bond donors (Lipinski definition) is 0. The average Bonchev–Trinajstić information content (AvgIpc) is 3.22. The Morgan fingerprint density at radius 2 is 1.88 bits per heavy atom. The second kappa shape index (κ2) is 6.15. The SMILES string of the molecule is Cc1cc(C)n2nc(C(=O)N3CCC[C@@H]3C3CCCCC3)nc2n1. The van der Waals surface area contributed by atoms with Crippen molar-refractivity contribution in [2.75, 3.05) is 6.54 Å². The van der Waals surface area contributed by atoms with Gasteiger partial charge in [0.2, 0.25) is 5.82 Å². The van der Waals surface area contributed by atoms with Gasteiger partial charge in [-0.1, -0.05) is 19.3 Å². The van der Waals surface area contributed by atoms with Crippen LogP contribution in [0.5, 0.6) is 0 Å². The molecule has 1 aliphatic heterocycles. The fraction of sp³-hybridized carbons (Fsp3) is 0.667. The van der Waals surface area contributed by atoms with E-state index in [0.717, 1.165) is 30.8 Å². The lowest BCUT2D eigenvalue weighted by Crippen LogP contribution is -2.41. The quantitative estimate of drug-likeness (QED) is 0.851. The summed E-state index contributed by atoms with van der Waals surface area (Å²) < 4.78 is 1.67. The number of hydrogen-bond acceptors (Lipinski definition) is 4. The van der Waals surface area contributed by atoms with E-state index >= 15 is 0 Å². The lowest BCUT2D eigenvalue weighted by molar-refractivity contribution is 0.0649. The van der Waals surface area contributed by atoms with Gasteiger partial charge in [0.25, 0.3) is 11.7 Å². The highest BCUT2D eigenvalue weighted by molar-refractivity contribution is 5.91. The van der Waals surface area contributed by atoms with Crippen LogP contribution in [0, 0.1) is 19.8 Å². The van der Waals surface area contributed by atoms with Crippen LogP contribution in [0.2, 0.25) is 0 Å². The monoisotopic (exact) mass is 327 g/mol. The van der Waals surface area contributed by atoms with Crippen molar-refractivity contribution in [1.82, 2.24) is 24.5 Å². The van der Waals surface area contributed by atoms with Crippen molar-refractivity contribution in [3.63, 3.8) is 0 Å². The molecule has 2 aromatic heterocycles. The molecule has 0 radical (unpaired) electrons. The maximum atomic E-state index is 13.0. The topological polar surface area (TPSA) is 63.4 Å². The zero-order valence-corrected chi connectivity index (χ0v) is 14.5. The van der Waals surface area contributed by atoms with Crippen LogP contribution in [-0.4, -0.2) is 43.0 Å². The molecule has 4 rings (SSSR count). The molecule has 1 amide bonds. The van der Waals surface area contributed by atoms with Crippen molar-refractivity contribution < 1.29 is 4.79 Å². The Balaban J connectivity index is 1.61. The largest absolute Gasteiger partial charge is 0.333 e. The molecule has 2 fully saturated rings. The molecule has 6 nitrogen and oxygen atoms in total. The summed E-state index contributed by atoms with van der Waals surface area (Å²) in [6.07, 6.45) is 8.68. The molecular formula is C18H25N5O. The van der Waals surface area contributed by atoms with Crippen molar-refractivity contribution in [1.29, 1.82) is 0 Å². The first kappa shape index (κ1) is 15.5. The fourth-order valence-corrected chi connectivity index (χ4v) is 4.44. The molecule has 2 aliphatic rings. The van der Waals surface area contributed by atoms with E-state index in [2.05, 4.69) is 15.1 Å². The standard InChI is InChI=1S/C18H25N5O/c1-12-11-13(2)23-18(19-12)20-16(21-23)17(24)22-10-6-9-15(22)14-7-4-3-5-8-14/h11,14-15H,3-10H2,1-2H3/t15-/m1/s1. The first-order valence-electron chi connectivity index (χ1n) is 9.15. The van der Waals surface area contributed by atoms with Gasteiger partial charge in [-0.05, 0) is 51.5 Å². The molecule has 0 aromatic carbocycles. The van der Waals surface area contributed by atoms with Crippen LogP contribution >= 0.6 is 0 Å². The molecule has 1 atom stereocenters. The van der Waals surface area contributed by atoms with E-state index in [4.69, 9.17) is 0 Å². The molecule has 128 valence electrons. The third kappa shape index (κ3) is 2.68. The molecule has 1 saturated carbocycles. The molecule has 0 unspecified atom stereocenters. The molecule has 0 bridgehead atoms. The van der Waals surface area contributed by atoms with Crippen molar-refractivity contribution in [3.05, 3.63) is 23.3 Å². The Labute approximate surface area is 142 Å². The summed E-state index contributed by atoms with van der Waals surface area (Å²) >= 11 is 0. The molecule has 1 saturated heterocycles. The second-order valence-electron chi connectivity index (χ2n) is 7.29. The number of fused-ring (bicyclic) bond motifs is 1. The Hall–Kier alpha value is -1.98. The van der Waals surface area contributed by atoms with Gasteiger partial charge in [-0.3, -0.25) is 4.79 Å². The zero-order chi connectivity index (χ0) is 16.7. The average molecular weight is 327 g/mol. The minimum atomic E-state index is -0.0226. The summed E-state index contributed by atoms with van der Waals surface area (Å²) in [7, 11) is 0. The molecule has 1 aliphatic carbocycles. The van der Waals surface area contributed by atoms with Gasteiger partial charge >= 0.3 is 0 Å². The fourth-order valence-electron chi connectivity index (χ4n) is 4.44. The van der Waals surface area contributed by atoms with Crippen LogP contribution in [0.15, 0.2) is 6.07 Å². The number of nitrogens with zero attached hydrogens (tertiary/aromatic N) is 5. The third-order valence-electron chi connectivity index (χ3n) is 5.56. The first-order valence-corrected chi connectivity index (χ1v) is 9.15. The maximum absolute atomic E-state index is 13.0. The Kier molecular flexibility index (Phi) is 3.98. The predicted octanol–water partition coefficient (Wildman–Crippen LogP) is 2.93. The third-order valence-corrected chi connectivity index (χ3v) is 5.56. The summed E-state index contributed by atoms with van der Waals surface area (Å²) in [5.41, 5.74) is 1.85. The van der Waals surface area contributed by atoms with Gasteiger partial charge in [-0.15, -0.1) is 5.10 Å². The van der Waals surface area contributed by atoms with E-state index < -0.39 is 0 Å². The maximum Gasteiger partial charge on any atom is 0.293 e. The van der Waals surface area contributed by atoms with Crippen molar-refractivity contribution in [3.8, 4) is 0 Å². The van der Waals surface area contributed by atoms with Crippen molar-refractivity contribution in [2.45, 2.75) is 64.8 Å². The van der Waals surface area contributed by atoms with Gasteiger partial charge in [-0.25, -0.2) is 9.50 Å². The number of carbonyl (C=O) groups excluding carboxylic acids is 1. The molecule has 24 heavy (non-hydrogen) atoms. The van der Waals surface area contributed by atoms with Gasteiger partial charge in [-0.2, -0.15) is 4.98 Å². The normalized spacial score (nSPS) is 22.4. The molecule has 3 heterocycles. The van der Waals surface area contributed by atoms with Crippen LogP contribution in [0.3, 0.4) is 0 Å². The van der Waals surface area contributed by atoms with E-state index in [-0.39, 0.29) is 5.91 Å². The van der Waals surface area contributed by atoms with Crippen LogP contribution in [0.1, 0.15) is 67.0 Å². The molecule has 0 N–H and O–H groups in total. The lowest BCUT2D eigenvalue weighted by atomic mass is 9.83. The molecule has 6 heteroatoms. The highest BCUT2D eigenvalue weighted by Gasteiger charge is 2.36. The van der Waals surface area contributed by atoms with E-state index in [9.17, 15) is 4.79 Å². The van der Waals surface area contributed by atoms with Crippen molar-refractivity contribution in [2.24, 2.45) is 5.92 Å². The highest BCUT2D eigenvalue weighted by atomic mass is 16.2. The van der Waals surface area contributed by atoms with Gasteiger partial charge in [0.15, 0.2) is 0 Å². The summed E-state index contributed by atoms with van der Waals surface area (Å²) in [5.74, 6) is 1.44. The first-order chi connectivity index (χ1) is 11.6. The minimum Gasteiger partial charge on any atom is -0.333 e. The number of aryl methyl sites for hydroxylation is 2. The predicted molar refractivity (Wildman–Crippen MR) is 90.9 cm³/mol. The Bertz CT molecular complexity index is 762. The van der Waals surface area contributed by atoms with Crippen LogP contribution in [0.25, 0.3) is 5.78 Å². The van der Waals surface area contributed by atoms with Gasteiger partial charge in [0.1, 0.15) is 0 Å². The van der Waals surface area contributed by atoms with E-state index in [0.29, 0.717) is 23.6 Å². The van der Waals surface area contributed by atoms with E-state index in [1.807, 2.05) is 24.8 Å². The summed E-state index contributed by atoms with van der Waals surface area (Å²) in [5, 5.41) is 4.43. The summed E-state index contributed by atoms with van der Waals surface area (Å²) in [6, 6.07) is 2.33. The molecule has 0 spiro atoms. The Morgan fingerprint density at radius 1 is 1.08 bits per heavy atom. The summed E-state index contributed by atoms with van der Waals surface area (Å²) in [6.45, 7) is 4.73. The number of rotatable bonds is 2. The molecule has 2 aromatic rings. The van der Waals surface area contributed by atoms with Gasteiger partial charge in [0.05, 0.1) is 0 Å². The van der Waals surface area contributed by atoms with Gasteiger partial charge < -0.3 is 4.90 Å². The van der Waals surface area contributed by atoms with E-state index in [1.54, 1.807) is 4.52 Å². The van der Waals surface area contributed by atoms with Crippen LogP contribution in [-0.2, 0) is 0 Å². The lowest BCUT2D eigenvalue weighted by Gasteiger charge is -2.33.